The van der Waals surface area contributed by atoms with Crippen molar-refractivity contribution in [3.63, 3.8) is 0 Å². The third-order valence-electron chi connectivity index (χ3n) is 4.42. The second kappa shape index (κ2) is 5.56. The fourth-order valence-corrected chi connectivity index (χ4v) is 2.97. The van der Waals surface area contributed by atoms with Crippen molar-refractivity contribution in [3.8, 4) is 5.88 Å². The largest absolute Gasteiger partial charge is 0.493 e. The first-order chi connectivity index (χ1) is 9.39. The third-order valence-corrected chi connectivity index (χ3v) is 4.42. The van der Waals surface area contributed by atoms with Crippen molar-refractivity contribution in [3.05, 3.63) is 21.7 Å². The lowest BCUT2D eigenvalue weighted by atomic mass is 9.79. The molecule has 1 saturated carbocycles. The fourth-order valence-electron chi connectivity index (χ4n) is 2.97. The van der Waals surface area contributed by atoms with Gasteiger partial charge in [0.25, 0.3) is 5.56 Å². The Morgan fingerprint density at radius 3 is 2.45 bits per heavy atom. The number of nitrogens with zero attached hydrogens (tertiary/aromatic N) is 1. The quantitative estimate of drug-likeness (QED) is 0.892. The van der Waals surface area contributed by atoms with Crippen LogP contribution < -0.4 is 5.56 Å². The Balaban J connectivity index is 2.44. The number of ether oxygens (including phenoxy) is 1. The van der Waals surface area contributed by atoms with Crippen molar-refractivity contribution in [1.82, 2.24) is 9.97 Å². The van der Waals surface area contributed by atoms with Gasteiger partial charge in [0.1, 0.15) is 11.4 Å². The number of aromatic amines is 1. The van der Waals surface area contributed by atoms with E-state index in [4.69, 9.17) is 4.74 Å². The van der Waals surface area contributed by atoms with Crippen LogP contribution in [0.5, 0.6) is 5.88 Å². The minimum absolute atomic E-state index is 0.0647. The van der Waals surface area contributed by atoms with Crippen molar-refractivity contribution in [2.75, 3.05) is 7.11 Å². The highest BCUT2D eigenvalue weighted by atomic mass is 16.5. The van der Waals surface area contributed by atoms with Gasteiger partial charge in [0, 0.05) is 7.11 Å². The molecule has 2 rings (SSSR count). The predicted molar refractivity (Wildman–Crippen MR) is 76.9 cm³/mol. The van der Waals surface area contributed by atoms with Crippen molar-refractivity contribution in [2.24, 2.45) is 5.92 Å². The summed E-state index contributed by atoms with van der Waals surface area (Å²) in [4.78, 5) is 19.2. The van der Waals surface area contributed by atoms with Gasteiger partial charge in [-0.2, -0.15) is 4.98 Å². The molecule has 0 bridgehead atoms. The van der Waals surface area contributed by atoms with Gasteiger partial charge in [0.05, 0.1) is 5.56 Å². The highest BCUT2D eigenvalue weighted by Crippen LogP contribution is 2.40. The zero-order chi connectivity index (χ0) is 14.9. The minimum Gasteiger partial charge on any atom is -0.493 e. The summed E-state index contributed by atoms with van der Waals surface area (Å²) < 4.78 is 5.68. The van der Waals surface area contributed by atoms with Gasteiger partial charge < -0.3 is 14.8 Å². The maximum Gasteiger partial charge on any atom is 0.258 e. The van der Waals surface area contributed by atoms with Crippen LogP contribution in [0.15, 0.2) is 4.79 Å². The number of hydrogen-bond donors (Lipinski definition) is 2. The van der Waals surface area contributed by atoms with Crippen molar-refractivity contribution < 1.29 is 9.84 Å². The summed E-state index contributed by atoms with van der Waals surface area (Å²) in [5, 5.41) is 10.0. The summed E-state index contributed by atoms with van der Waals surface area (Å²) in [6.45, 7) is 5.94. The summed E-state index contributed by atoms with van der Waals surface area (Å²) in [6, 6.07) is 0. The van der Waals surface area contributed by atoms with E-state index in [0.29, 0.717) is 17.3 Å². The van der Waals surface area contributed by atoms with E-state index in [1.54, 1.807) is 7.11 Å². The van der Waals surface area contributed by atoms with Crippen LogP contribution >= 0.6 is 0 Å². The van der Waals surface area contributed by atoms with E-state index in [-0.39, 0.29) is 17.4 Å². The number of hydrogen-bond acceptors (Lipinski definition) is 4. The van der Waals surface area contributed by atoms with Crippen LogP contribution in [0.4, 0.5) is 0 Å². The van der Waals surface area contributed by atoms with Crippen LogP contribution in [0.2, 0.25) is 0 Å². The third kappa shape index (κ3) is 2.59. The second-order valence-corrected chi connectivity index (χ2v) is 6.19. The molecule has 5 heteroatoms. The number of aromatic nitrogens is 2. The van der Waals surface area contributed by atoms with E-state index >= 15 is 0 Å². The molecule has 0 aliphatic heterocycles. The Morgan fingerprint density at radius 2 is 2.00 bits per heavy atom. The first kappa shape index (κ1) is 15.0. The lowest BCUT2D eigenvalue weighted by Gasteiger charge is -2.37. The molecule has 0 radical (unpaired) electrons. The minimum atomic E-state index is -0.571. The number of aromatic hydroxyl groups is 1. The molecular weight excluding hydrogens is 256 g/mol. The molecule has 20 heavy (non-hydrogen) atoms. The molecule has 1 fully saturated rings. The normalized spacial score (nSPS) is 26.9. The average molecular weight is 280 g/mol. The van der Waals surface area contributed by atoms with Crippen LogP contribution in [-0.4, -0.2) is 22.2 Å². The second-order valence-electron chi connectivity index (χ2n) is 6.19. The molecule has 2 N–H and O–H groups in total. The molecule has 0 atom stereocenters. The zero-order valence-electron chi connectivity index (χ0n) is 12.7. The highest BCUT2D eigenvalue weighted by Gasteiger charge is 2.39. The van der Waals surface area contributed by atoms with E-state index in [2.05, 4.69) is 16.9 Å². The predicted octanol–water partition coefficient (Wildman–Crippen LogP) is 2.65. The summed E-state index contributed by atoms with van der Waals surface area (Å²) >= 11 is 0. The molecular formula is C15H24N2O3. The molecule has 0 amide bonds. The molecule has 0 unspecified atom stereocenters. The number of H-pyrrole nitrogens is 1. The van der Waals surface area contributed by atoms with Crippen molar-refractivity contribution in [2.45, 2.75) is 58.0 Å². The Morgan fingerprint density at radius 1 is 1.40 bits per heavy atom. The van der Waals surface area contributed by atoms with E-state index in [9.17, 15) is 9.90 Å². The average Bonchev–Trinajstić information content (AvgIpc) is 2.38. The SMILES string of the molecule is COC1(c2nc(O)c(C(C)C)c(=O)[nH]2)CCC(C)CC1. The summed E-state index contributed by atoms with van der Waals surface area (Å²) in [5.41, 5.74) is -0.500. The first-order valence-electron chi connectivity index (χ1n) is 7.28. The smallest absolute Gasteiger partial charge is 0.258 e. The number of nitrogens with one attached hydrogen (secondary N) is 1. The topological polar surface area (TPSA) is 75.2 Å². The van der Waals surface area contributed by atoms with Gasteiger partial charge in [-0.25, -0.2) is 0 Å². The first-order valence-corrected chi connectivity index (χ1v) is 7.28. The molecule has 5 nitrogen and oxygen atoms in total. The summed E-state index contributed by atoms with van der Waals surface area (Å²) in [6.07, 6.45) is 3.69. The molecule has 1 heterocycles. The molecule has 0 spiro atoms. The summed E-state index contributed by atoms with van der Waals surface area (Å²) in [5.74, 6) is 0.881. The van der Waals surface area contributed by atoms with E-state index in [1.807, 2.05) is 13.8 Å². The van der Waals surface area contributed by atoms with Gasteiger partial charge in [-0.1, -0.05) is 20.8 Å². The fraction of sp³-hybridized carbons (Fsp3) is 0.733. The molecule has 1 aromatic rings. The monoisotopic (exact) mass is 280 g/mol. The highest BCUT2D eigenvalue weighted by molar-refractivity contribution is 5.27. The zero-order valence-corrected chi connectivity index (χ0v) is 12.7. The van der Waals surface area contributed by atoms with Crippen LogP contribution in [-0.2, 0) is 10.3 Å². The molecule has 0 saturated heterocycles. The van der Waals surface area contributed by atoms with E-state index in [1.165, 1.54) is 0 Å². The van der Waals surface area contributed by atoms with Crippen molar-refractivity contribution in [1.29, 1.82) is 0 Å². The number of methoxy groups -OCH3 is 1. The van der Waals surface area contributed by atoms with Crippen LogP contribution in [0, 0.1) is 5.92 Å². The number of rotatable bonds is 3. The van der Waals surface area contributed by atoms with Gasteiger partial charge in [-0.05, 0) is 37.5 Å². The maximum atomic E-state index is 12.2. The molecule has 1 aliphatic carbocycles. The van der Waals surface area contributed by atoms with Gasteiger partial charge in [-0.15, -0.1) is 0 Å². The van der Waals surface area contributed by atoms with Gasteiger partial charge in [-0.3, -0.25) is 4.79 Å². The Kier molecular flexibility index (Phi) is 4.18. The van der Waals surface area contributed by atoms with Crippen LogP contribution in [0.25, 0.3) is 0 Å². The molecule has 0 aromatic carbocycles. The van der Waals surface area contributed by atoms with E-state index < -0.39 is 5.60 Å². The lowest BCUT2D eigenvalue weighted by molar-refractivity contribution is -0.0602. The van der Waals surface area contributed by atoms with Gasteiger partial charge in [0.15, 0.2) is 0 Å². The van der Waals surface area contributed by atoms with Gasteiger partial charge in [0.2, 0.25) is 5.88 Å². The van der Waals surface area contributed by atoms with Crippen LogP contribution in [0.3, 0.4) is 0 Å². The summed E-state index contributed by atoms with van der Waals surface area (Å²) in [7, 11) is 1.64. The van der Waals surface area contributed by atoms with Crippen molar-refractivity contribution >= 4 is 0 Å². The molecule has 1 aromatic heterocycles. The van der Waals surface area contributed by atoms with Crippen LogP contribution in [0.1, 0.15) is 63.8 Å². The Labute approximate surface area is 119 Å². The Bertz CT molecular complexity index is 528. The van der Waals surface area contributed by atoms with Gasteiger partial charge >= 0.3 is 0 Å². The Hall–Kier alpha value is -1.36. The molecule has 1 aliphatic rings. The standard InChI is InChI=1S/C15H24N2O3/c1-9(2)11-12(18)16-14(17-13(11)19)15(20-4)7-5-10(3)6-8-15/h9-10H,5-8H2,1-4H3,(H2,16,17,18,19). The molecule has 112 valence electrons. The lowest BCUT2D eigenvalue weighted by Crippen LogP contribution is -2.37. The van der Waals surface area contributed by atoms with E-state index in [0.717, 1.165) is 25.7 Å². The maximum absolute atomic E-state index is 12.2.